The van der Waals surface area contributed by atoms with Crippen molar-refractivity contribution in [2.45, 2.75) is 55.9 Å². The molecule has 2 nitrogen and oxygen atoms in total. The van der Waals surface area contributed by atoms with E-state index in [1.165, 1.54) is 18.2 Å². The fourth-order valence-electron chi connectivity index (χ4n) is 4.63. The van der Waals surface area contributed by atoms with Gasteiger partial charge in [0.25, 0.3) is 0 Å². The van der Waals surface area contributed by atoms with Crippen LogP contribution in [0.3, 0.4) is 0 Å². The molecule has 1 aromatic carbocycles. The van der Waals surface area contributed by atoms with Gasteiger partial charge in [0.1, 0.15) is 5.82 Å². The third kappa shape index (κ3) is 3.00. The Morgan fingerprint density at radius 3 is 2.57 bits per heavy atom. The van der Waals surface area contributed by atoms with E-state index in [4.69, 9.17) is 0 Å². The Kier molecular flexibility index (Phi) is 4.49. The molecule has 0 saturated carbocycles. The molecule has 1 N–H and O–H groups in total. The molecule has 2 aliphatic rings. The van der Waals surface area contributed by atoms with Crippen LogP contribution in [0.15, 0.2) is 36.5 Å². The number of nitrogens with one attached hydrogen (secondary N) is 1. The maximum atomic E-state index is 14.4. The van der Waals surface area contributed by atoms with Crippen LogP contribution < -0.4 is 5.32 Å². The van der Waals surface area contributed by atoms with Crippen molar-refractivity contribution in [3.63, 3.8) is 0 Å². The highest BCUT2D eigenvalue weighted by Crippen LogP contribution is 2.47. The molecule has 0 spiro atoms. The first-order valence-electron chi connectivity index (χ1n) is 9.37. The molecule has 0 radical (unpaired) electrons. The molecule has 3 atom stereocenters. The molecule has 1 unspecified atom stereocenters. The summed E-state index contributed by atoms with van der Waals surface area (Å²) in [4.78, 5) is 4.37. The van der Waals surface area contributed by atoms with Crippen LogP contribution in [0, 0.1) is 5.82 Å². The summed E-state index contributed by atoms with van der Waals surface area (Å²) in [6.07, 6.45) is -1.29. The molecule has 2 heterocycles. The molecular weight excluding hydrogens is 375 g/mol. The lowest BCUT2D eigenvalue weighted by Gasteiger charge is -2.40. The van der Waals surface area contributed by atoms with E-state index in [0.29, 0.717) is 25.3 Å². The summed E-state index contributed by atoms with van der Waals surface area (Å²) >= 11 is 0. The summed E-state index contributed by atoms with van der Waals surface area (Å²) in [5.41, 5.74) is -1.93. The number of alkyl halides is 4. The van der Waals surface area contributed by atoms with Crippen LogP contribution in [-0.4, -0.2) is 23.7 Å². The van der Waals surface area contributed by atoms with E-state index in [1.807, 2.05) is 0 Å². The Morgan fingerprint density at radius 1 is 1.18 bits per heavy atom. The molecule has 1 aliphatic carbocycles. The summed E-state index contributed by atoms with van der Waals surface area (Å²) in [5, 5.41) is 3.47. The van der Waals surface area contributed by atoms with E-state index in [1.54, 1.807) is 12.1 Å². The number of hydrogen-bond acceptors (Lipinski definition) is 2. The van der Waals surface area contributed by atoms with Crippen molar-refractivity contribution < 1.29 is 22.0 Å². The van der Waals surface area contributed by atoms with Crippen LogP contribution in [0.1, 0.15) is 42.1 Å². The van der Waals surface area contributed by atoms with Gasteiger partial charge < -0.3 is 5.32 Å². The van der Waals surface area contributed by atoms with Gasteiger partial charge in [-0.3, -0.25) is 4.98 Å². The predicted molar refractivity (Wildman–Crippen MR) is 95.3 cm³/mol. The minimum Gasteiger partial charge on any atom is -0.313 e. The molecular formula is C21H21F5N2. The quantitative estimate of drug-likeness (QED) is 0.757. The van der Waals surface area contributed by atoms with Crippen LogP contribution in [0.5, 0.6) is 0 Å². The Bertz CT molecular complexity index is 875. The van der Waals surface area contributed by atoms with Gasteiger partial charge in [-0.15, -0.1) is 0 Å². The maximum absolute atomic E-state index is 14.4. The van der Waals surface area contributed by atoms with Crippen molar-refractivity contribution in [2.24, 2.45) is 0 Å². The number of hydrogen-bond donors (Lipinski definition) is 1. The van der Waals surface area contributed by atoms with E-state index in [9.17, 15) is 22.0 Å². The van der Waals surface area contributed by atoms with Crippen LogP contribution in [-0.2, 0) is 23.9 Å². The van der Waals surface area contributed by atoms with E-state index in [2.05, 4.69) is 10.3 Å². The Labute approximate surface area is 160 Å². The minimum atomic E-state index is -5.00. The lowest BCUT2D eigenvalue weighted by molar-refractivity contribution is -0.228. The van der Waals surface area contributed by atoms with Gasteiger partial charge in [-0.1, -0.05) is 12.1 Å². The third-order valence-electron chi connectivity index (χ3n) is 6.28. The monoisotopic (exact) mass is 396 g/mol. The van der Waals surface area contributed by atoms with Crippen molar-refractivity contribution in [2.75, 3.05) is 6.54 Å². The molecule has 1 aromatic heterocycles. The van der Waals surface area contributed by atoms with Gasteiger partial charge in [0, 0.05) is 23.2 Å². The molecule has 28 heavy (non-hydrogen) atoms. The second-order valence-electron chi connectivity index (χ2n) is 7.99. The van der Waals surface area contributed by atoms with Crippen molar-refractivity contribution >= 4 is 0 Å². The summed E-state index contributed by atoms with van der Waals surface area (Å²) < 4.78 is 67.1. The topological polar surface area (TPSA) is 24.9 Å². The zero-order valence-corrected chi connectivity index (χ0v) is 15.4. The van der Waals surface area contributed by atoms with Gasteiger partial charge >= 0.3 is 6.18 Å². The number of rotatable bonds is 3. The highest BCUT2D eigenvalue weighted by molar-refractivity contribution is 5.41. The van der Waals surface area contributed by atoms with Gasteiger partial charge in [0.2, 0.25) is 5.67 Å². The number of benzene rings is 1. The third-order valence-corrected chi connectivity index (χ3v) is 6.28. The summed E-state index contributed by atoms with van der Waals surface area (Å²) in [7, 11) is 0. The highest BCUT2D eigenvalue weighted by Gasteiger charge is 2.55. The first-order chi connectivity index (χ1) is 13.1. The smallest absolute Gasteiger partial charge is 0.313 e. The average Bonchev–Trinajstić information content (AvgIpc) is 3.06. The standard InChI is InChI=1S/C21H21F5N2/c1-19(23,21(24,25)26)15-10-14-4-7-17-20(8-9-27-17,18(14)28-12-15)11-13-2-5-16(22)6-3-13/h2-3,5-6,10,12,17,27H,4,7-9,11H2,1H3/t17-,19?,20+/m0/s1. The SMILES string of the molecule is CC(F)(c1cnc2c(c1)CC[C@@H]1NCC[C@]21Cc1ccc(F)cc1)C(F)(F)F. The van der Waals surface area contributed by atoms with E-state index in [0.717, 1.165) is 36.8 Å². The fourth-order valence-corrected chi connectivity index (χ4v) is 4.63. The van der Waals surface area contributed by atoms with Gasteiger partial charge in [0.15, 0.2) is 0 Å². The van der Waals surface area contributed by atoms with Crippen LogP contribution in [0.4, 0.5) is 22.0 Å². The van der Waals surface area contributed by atoms with Crippen molar-refractivity contribution in [3.8, 4) is 0 Å². The highest BCUT2D eigenvalue weighted by atomic mass is 19.4. The lowest BCUT2D eigenvalue weighted by Crippen LogP contribution is -2.47. The molecule has 1 fully saturated rings. The van der Waals surface area contributed by atoms with Gasteiger partial charge in [0.05, 0.1) is 5.69 Å². The zero-order chi connectivity index (χ0) is 20.2. The Morgan fingerprint density at radius 2 is 1.89 bits per heavy atom. The fraction of sp³-hybridized carbons (Fsp3) is 0.476. The summed E-state index contributed by atoms with van der Waals surface area (Å²) in [5.74, 6) is -0.316. The molecule has 0 amide bonds. The van der Waals surface area contributed by atoms with Crippen molar-refractivity contribution in [1.29, 1.82) is 0 Å². The second kappa shape index (κ2) is 6.51. The molecule has 0 bridgehead atoms. The molecule has 1 saturated heterocycles. The first kappa shape index (κ1) is 19.3. The van der Waals surface area contributed by atoms with Crippen molar-refractivity contribution in [1.82, 2.24) is 10.3 Å². The molecule has 7 heteroatoms. The number of fused-ring (bicyclic) bond motifs is 3. The van der Waals surface area contributed by atoms with E-state index < -0.39 is 17.4 Å². The van der Waals surface area contributed by atoms with Crippen LogP contribution in [0.2, 0.25) is 0 Å². The zero-order valence-electron chi connectivity index (χ0n) is 15.4. The van der Waals surface area contributed by atoms with Crippen molar-refractivity contribution in [3.05, 3.63) is 64.7 Å². The molecule has 150 valence electrons. The number of aromatic nitrogens is 1. The molecule has 4 rings (SSSR count). The number of halogens is 5. The largest absolute Gasteiger partial charge is 0.426 e. The molecule has 1 aliphatic heterocycles. The van der Waals surface area contributed by atoms with Gasteiger partial charge in [-0.2, -0.15) is 13.2 Å². The average molecular weight is 396 g/mol. The van der Waals surface area contributed by atoms with Crippen LogP contribution in [0.25, 0.3) is 0 Å². The van der Waals surface area contributed by atoms with Gasteiger partial charge in [-0.25, -0.2) is 8.78 Å². The number of pyridine rings is 1. The summed E-state index contributed by atoms with van der Waals surface area (Å²) in [6, 6.07) is 7.73. The maximum Gasteiger partial charge on any atom is 0.426 e. The number of nitrogens with zero attached hydrogens (tertiary/aromatic N) is 1. The van der Waals surface area contributed by atoms with Gasteiger partial charge in [-0.05, 0) is 68.5 Å². The first-order valence-corrected chi connectivity index (χ1v) is 9.37. The number of aryl methyl sites for hydroxylation is 1. The normalized spacial score (nSPS) is 26.4. The van der Waals surface area contributed by atoms with Crippen LogP contribution >= 0.6 is 0 Å². The predicted octanol–water partition coefficient (Wildman–Crippen LogP) is 4.76. The minimum absolute atomic E-state index is 0.141. The Balaban J connectivity index is 1.76. The van der Waals surface area contributed by atoms with E-state index >= 15 is 0 Å². The molecule has 2 aromatic rings. The Hall–Kier alpha value is -2.02. The second-order valence-corrected chi connectivity index (χ2v) is 7.99. The summed E-state index contributed by atoms with van der Waals surface area (Å²) in [6.45, 7) is 1.31. The van der Waals surface area contributed by atoms with E-state index in [-0.39, 0.29) is 17.3 Å². The lowest BCUT2D eigenvalue weighted by atomic mass is 9.66.